The number of para-hydroxylation sites is 2. The molecule has 0 radical (unpaired) electrons. The van der Waals surface area contributed by atoms with Crippen molar-refractivity contribution >= 4 is 17.2 Å². The first-order valence-electron chi connectivity index (χ1n) is 6.99. The Morgan fingerprint density at radius 1 is 1.24 bits per heavy atom. The zero-order valence-corrected chi connectivity index (χ0v) is 12.1. The van der Waals surface area contributed by atoms with Crippen LogP contribution in [0, 0.1) is 5.41 Å². The predicted molar refractivity (Wildman–Crippen MR) is 86.0 cm³/mol. The second kappa shape index (κ2) is 5.44. The van der Waals surface area contributed by atoms with Crippen molar-refractivity contribution in [3.8, 4) is 0 Å². The van der Waals surface area contributed by atoms with E-state index in [1.807, 2.05) is 12.1 Å². The second-order valence-electron chi connectivity index (χ2n) is 5.29. The lowest BCUT2D eigenvalue weighted by Gasteiger charge is -2.37. The summed E-state index contributed by atoms with van der Waals surface area (Å²) in [6.45, 7) is 2.78. The standard InChI is InChI=1S/C16H19N5/c1-20-8-9-21(15-5-3-2-4-14(15)20)11-12-6-7-19-13(10-12)16(17)18/h2-7,10H,8-9,11H2,1H3,(H3,17,18). The van der Waals surface area contributed by atoms with Crippen LogP contribution in [0.2, 0.25) is 0 Å². The van der Waals surface area contributed by atoms with Gasteiger partial charge in [0, 0.05) is 32.9 Å². The molecule has 0 atom stereocenters. The van der Waals surface area contributed by atoms with Gasteiger partial charge in [-0.25, -0.2) is 0 Å². The first-order valence-corrected chi connectivity index (χ1v) is 6.99. The maximum absolute atomic E-state index is 7.49. The Balaban J connectivity index is 1.87. The third-order valence-corrected chi connectivity index (χ3v) is 3.81. The molecule has 0 spiro atoms. The van der Waals surface area contributed by atoms with Gasteiger partial charge >= 0.3 is 0 Å². The molecule has 1 aliphatic heterocycles. The number of nitrogens with one attached hydrogen (secondary N) is 1. The number of amidine groups is 1. The fraction of sp³-hybridized carbons (Fsp3) is 0.250. The molecule has 108 valence electrons. The van der Waals surface area contributed by atoms with Gasteiger partial charge in [-0.05, 0) is 29.8 Å². The summed E-state index contributed by atoms with van der Waals surface area (Å²) >= 11 is 0. The SMILES string of the molecule is CN1CCN(Cc2ccnc(C(=N)N)c2)c2ccccc21. The maximum atomic E-state index is 7.49. The second-order valence-corrected chi connectivity index (χ2v) is 5.29. The summed E-state index contributed by atoms with van der Waals surface area (Å²) in [7, 11) is 2.12. The van der Waals surface area contributed by atoms with Gasteiger partial charge in [-0.1, -0.05) is 12.1 Å². The molecule has 1 aliphatic rings. The van der Waals surface area contributed by atoms with Crippen molar-refractivity contribution in [3.05, 3.63) is 53.9 Å². The average Bonchev–Trinajstić information content (AvgIpc) is 2.51. The lowest BCUT2D eigenvalue weighted by Crippen LogP contribution is -2.38. The van der Waals surface area contributed by atoms with E-state index in [1.54, 1.807) is 6.20 Å². The van der Waals surface area contributed by atoms with Crippen molar-refractivity contribution in [2.75, 3.05) is 29.9 Å². The minimum absolute atomic E-state index is 0.00984. The van der Waals surface area contributed by atoms with Crippen molar-refractivity contribution in [2.24, 2.45) is 5.73 Å². The molecule has 5 heteroatoms. The fourth-order valence-electron chi connectivity index (χ4n) is 2.67. The molecule has 5 nitrogen and oxygen atoms in total. The van der Waals surface area contributed by atoms with Crippen LogP contribution in [0.3, 0.4) is 0 Å². The highest BCUT2D eigenvalue weighted by molar-refractivity contribution is 5.93. The van der Waals surface area contributed by atoms with Gasteiger partial charge in [-0.3, -0.25) is 10.4 Å². The van der Waals surface area contributed by atoms with E-state index in [1.165, 1.54) is 11.4 Å². The van der Waals surface area contributed by atoms with Crippen LogP contribution >= 0.6 is 0 Å². The number of nitrogens with zero attached hydrogens (tertiary/aromatic N) is 3. The number of hydrogen-bond donors (Lipinski definition) is 2. The Hall–Kier alpha value is -2.56. The third-order valence-electron chi connectivity index (χ3n) is 3.81. The molecule has 1 aromatic heterocycles. The van der Waals surface area contributed by atoms with E-state index in [9.17, 15) is 0 Å². The molecule has 0 unspecified atom stereocenters. The summed E-state index contributed by atoms with van der Waals surface area (Å²) in [5, 5.41) is 7.49. The molecule has 2 aromatic rings. The van der Waals surface area contributed by atoms with Gasteiger partial charge in [0.25, 0.3) is 0 Å². The van der Waals surface area contributed by atoms with E-state index >= 15 is 0 Å². The highest BCUT2D eigenvalue weighted by atomic mass is 15.2. The van der Waals surface area contributed by atoms with Gasteiger partial charge in [0.2, 0.25) is 0 Å². The molecule has 0 saturated heterocycles. The summed E-state index contributed by atoms with van der Waals surface area (Å²) in [4.78, 5) is 8.74. The number of pyridine rings is 1. The van der Waals surface area contributed by atoms with Crippen molar-refractivity contribution in [2.45, 2.75) is 6.54 Å². The summed E-state index contributed by atoms with van der Waals surface area (Å²) in [5.74, 6) is 0.00984. The van der Waals surface area contributed by atoms with Gasteiger partial charge in [-0.15, -0.1) is 0 Å². The van der Waals surface area contributed by atoms with Crippen LogP contribution in [0.15, 0.2) is 42.6 Å². The van der Waals surface area contributed by atoms with Crippen LogP contribution in [0.5, 0.6) is 0 Å². The van der Waals surface area contributed by atoms with Gasteiger partial charge in [0.15, 0.2) is 0 Å². The molecule has 0 saturated carbocycles. The number of nitrogens with two attached hydrogens (primary N) is 1. The van der Waals surface area contributed by atoms with E-state index in [0.29, 0.717) is 5.69 Å². The van der Waals surface area contributed by atoms with E-state index in [0.717, 1.165) is 25.2 Å². The summed E-state index contributed by atoms with van der Waals surface area (Å²) < 4.78 is 0. The Morgan fingerprint density at radius 3 is 2.76 bits per heavy atom. The highest BCUT2D eigenvalue weighted by Gasteiger charge is 2.19. The highest BCUT2D eigenvalue weighted by Crippen LogP contribution is 2.32. The molecule has 0 bridgehead atoms. The van der Waals surface area contributed by atoms with Gasteiger partial charge in [-0.2, -0.15) is 0 Å². The number of benzene rings is 1. The van der Waals surface area contributed by atoms with E-state index in [-0.39, 0.29) is 5.84 Å². The number of aromatic nitrogens is 1. The predicted octanol–water partition coefficient (Wildman–Crippen LogP) is 1.82. The van der Waals surface area contributed by atoms with E-state index < -0.39 is 0 Å². The normalized spacial score (nSPS) is 14.0. The lowest BCUT2D eigenvalue weighted by molar-refractivity contribution is 0.734. The molecule has 0 amide bonds. The molecular formula is C16H19N5. The first kappa shape index (κ1) is 13.4. The van der Waals surface area contributed by atoms with Crippen LogP contribution in [0.1, 0.15) is 11.3 Å². The topological polar surface area (TPSA) is 69.2 Å². The van der Waals surface area contributed by atoms with E-state index in [2.05, 4.69) is 46.1 Å². The third kappa shape index (κ3) is 2.67. The van der Waals surface area contributed by atoms with E-state index in [4.69, 9.17) is 11.1 Å². The maximum Gasteiger partial charge on any atom is 0.141 e. The number of likely N-dealkylation sites (N-methyl/N-ethyl adjacent to an activating group) is 1. The molecule has 3 rings (SSSR count). The Labute approximate surface area is 124 Å². The molecular weight excluding hydrogens is 262 g/mol. The smallest absolute Gasteiger partial charge is 0.141 e. The largest absolute Gasteiger partial charge is 0.382 e. The van der Waals surface area contributed by atoms with Crippen LogP contribution in [0.25, 0.3) is 0 Å². The van der Waals surface area contributed by atoms with Crippen molar-refractivity contribution in [1.29, 1.82) is 5.41 Å². The Morgan fingerprint density at radius 2 is 2.00 bits per heavy atom. The molecule has 0 fully saturated rings. The molecule has 0 aliphatic carbocycles. The van der Waals surface area contributed by atoms with Crippen molar-refractivity contribution in [3.63, 3.8) is 0 Å². The number of anilines is 2. The molecule has 2 heterocycles. The van der Waals surface area contributed by atoms with Gasteiger partial charge < -0.3 is 15.5 Å². The lowest BCUT2D eigenvalue weighted by atomic mass is 10.1. The minimum Gasteiger partial charge on any atom is -0.382 e. The average molecular weight is 281 g/mol. The zero-order valence-electron chi connectivity index (χ0n) is 12.1. The minimum atomic E-state index is 0.00984. The van der Waals surface area contributed by atoms with Crippen molar-refractivity contribution < 1.29 is 0 Å². The summed E-state index contributed by atoms with van der Waals surface area (Å²) in [6, 6.07) is 12.3. The number of hydrogen-bond acceptors (Lipinski definition) is 4. The quantitative estimate of drug-likeness (QED) is 0.665. The Kier molecular flexibility index (Phi) is 3.48. The molecule has 1 aromatic carbocycles. The number of fused-ring (bicyclic) bond motifs is 1. The molecule has 21 heavy (non-hydrogen) atoms. The van der Waals surface area contributed by atoms with Gasteiger partial charge in [0.05, 0.1) is 11.4 Å². The van der Waals surface area contributed by atoms with Gasteiger partial charge in [0.1, 0.15) is 11.5 Å². The fourth-order valence-corrected chi connectivity index (χ4v) is 2.67. The number of rotatable bonds is 3. The number of nitrogen functional groups attached to an aromatic ring is 1. The Bertz CT molecular complexity index is 667. The first-order chi connectivity index (χ1) is 10.1. The zero-order chi connectivity index (χ0) is 14.8. The van der Waals surface area contributed by atoms with Crippen molar-refractivity contribution in [1.82, 2.24) is 4.98 Å². The van der Waals surface area contributed by atoms with Crippen LogP contribution in [-0.2, 0) is 6.54 Å². The summed E-state index contributed by atoms with van der Waals surface area (Å²) in [6.07, 6.45) is 1.72. The monoisotopic (exact) mass is 281 g/mol. The molecule has 3 N–H and O–H groups in total. The van der Waals surface area contributed by atoms with Crippen LogP contribution < -0.4 is 15.5 Å². The van der Waals surface area contributed by atoms with Crippen LogP contribution in [0.4, 0.5) is 11.4 Å². The summed E-state index contributed by atoms with van der Waals surface area (Å²) in [5.41, 5.74) is 9.67. The van der Waals surface area contributed by atoms with Crippen LogP contribution in [-0.4, -0.2) is 31.0 Å².